The van der Waals surface area contributed by atoms with Crippen molar-refractivity contribution in [1.29, 1.82) is 0 Å². The maximum absolute atomic E-state index is 13.2. The van der Waals surface area contributed by atoms with E-state index in [1.54, 1.807) is 13.2 Å². The van der Waals surface area contributed by atoms with Crippen molar-refractivity contribution in [2.75, 3.05) is 26.7 Å². The Hall–Kier alpha value is -2.08. The molecule has 1 aliphatic carbocycles. The van der Waals surface area contributed by atoms with Crippen LogP contribution in [0.25, 0.3) is 0 Å². The standard InChI is InChI=1S/C18H23N3O2S/c1-3-11-19-17(24)21-13-4-12-20(21)16(22)18(9-10-18)14-5-7-15(23-2)8-6-14/h3,5-8H,1,4,9-13H2,2H3,(H,19,24). The molecule has 24 heavy (non-hydrogen) atoms. The van der Waals surface area contributed by atoms with Crippen LogP contribution in [0.15, 0.2) is 36.9 Å². The molecular weight excluding hydrogens is 322 g/mol. The fraction of sp³-hybridized carbons (Fsp3) is 0.444. The summed E-state index contributed by atoms with van der Waals surface area (Å²) in [6.07, 6.45) is 4.46. The van der Waals surface area contributed by atoms with E-state index in [2.05, 4.69) is 11.9 Å². The van der Waals surface area contributed by atoms with Crippen LogP contribution in [0.1, 0.15) is 24.8 Å². The Morgan fingerprint density at radius 3 is 2.58 bits per heavy atom. The van der Waals surface area contributed by atoms with Gasteiger partial charge in [0.15, 0.2) is 5.11 Å². The number of carbonyl (C=O) groups excluding carboxylic acids is 1. The average Bonchev–Trinajstić information content (AvgIpc) is 3.28. The molecule has 0 atom stereocenters. The molecule has 0 aromatic heterocycles. The molecule has 1 saturated carbocycles. The van der Waals surface area contributed by atoms with Crippen LogP contribution in [0.2, 0.25) is 0 Å². The fourth-order valence-electron chi connectivity index (χ4n) is 3.19. The van der Waals surface area contributed by atoms with Crippen molar-refractivity contribution < 1.29 is 9.53 Å². The van der Waals surface area contributed by atoms with Crippen molar-refractivity contribution in [2.45, 2.75) is 24.7 Å². The maximum Gasteiger partial charge on any atom is 0.251 e. The Morgan fingerprint density at radius 1 is 1.33 bits per heavy atom. The van der Waals surface area contributed by atoms with Gasteiger partial charge in [-0.25, -0.2) is 0 Å². The summed E-state index contributed by atoms with van der Waals surface area (Å²) in [6, 6.07) is 7.83. The van der Waals surface area contributed by atoms with Crippen LogP contribution in [-0.2, 0) is 10.2 Å². The minimum Gasteiger partial charge on any atom is -0.497 e. The highest BCUT2D eigenvalue weighted by atomic mass is 32.1. The first-order valence-corrected chi connectivity index (χ1v) is 8.66. The Labute approximate surface area is 148 Å². The minimum atomic E-state index is -0.400. The van der Waals surface area contributed by atoms with Gasteiger partial charge in [-0.05, 0) is 49.2 Å². The van der Waals surface area contributed by atoms with Crippen LogP contribution in [0, 0.1) is 0 Å². The lowest BCUT2D eigenvalue weighted by atomic mass is 9.94. The van der Waals surface area contributed by atoms with E-state index in [4.69, 9.17) is 17.0 Å². The SMILES string of the molecule is C=CCNC(=S)N1CCCN1C(=O)C1(c2ccc(OC)cc2)CC1. The molecule has 1 aromatic rings. The molecule has 6 heteroatoms. The Kier molecular flexibility index (Phi) is 4.76. The van der Waals surface area contributed by atoms with Crippen LogP contribution in [-0.4, -0.2) is 47.8 Å². The molecule has 0 unspecified atom stereocenters. The number of hydrogen-bond acceptors (Lipinski definition) is 3. The van der Waals surface area contributed by atoms with E-state index >= 15 is 0 Å². The van der Waals surface area contributed by atoms with Crippen molar-refractivity contribution in [3.63, 3.8) is 0 Å². The third-order valence-electron chi connectivity index (χ3n) is 4.70. The zero-order valence-corrected chi connectivity index (χ0v) is 14.8. The second kappa shape index (κ2) is 6.81. The molecule has 0 bridgehead atoms. The van der Waals surface area contributed by atoms with Gasteiger partial charge in [-0.3, -0.25) is 14.8 Å². The summed E-state index contributed by atoms with van der Waals surface area (Å²) < 4.78 is 5.21. The van der Waals surface area contributed by atoms with Crippen molar-refractivity contribution in [2.24, 2.45) is 0 Å². The van der Waals surface area contributed by atoms with E-state index < -0.39 is 5.41 Å². The number of methoxy groups -OCH3 is 1. The van der Waals surface area contributed by atoms with Gasteiger partial charge in [0.2, 0.25) is 0 Å². The summed E-state index contributed by atoms with van der Waals surface area (Å²) in [7, 11) is 1.65. The van der Waals surface area contributed by atoms with Gasteiger partial charge in [0.1, 0.15) is 5.75 Å². The number of hydrazine groups is 1. The number of ether oxygens (including phenoxy) is 1. The van der Waals surface area contributed by atoms with E-state index in [0.717, 1.165) is 37.1 Å². The first kappa shape index (κ1) is 16.8. The molecule has 1 aliphatic heterocycles. The lowest BCUT2D eigenvalue weighted by Gasteiger charge is -2.33. The monoisotopic (exact) mass is 345 g/mol. The summed E-state index contributed by atoms with van der Waals surface area (Å²) in [4.78, 5) is 13.2. The van der Waals surface area contributed by atoms with Crippen LogP contribution in [0.3, 0.4) is 0 Å². The predicted octanol–water partition coefficient (Wildman–Crippen LogP) is 2.24. The third kappa shape index (κ3) is 2.98. The molecule has 0 radical (unpaired) electrons. The number of hydrogen-bond donors (Lipinski definition) is 1. The predicted molar refractivity (Wildman–Crippen MR) is 97.7 cm³/mol. The molecule has 1 N–H and O–H groups in total. The lowest BCUT2D eigenvalue weighted by Crippen LogP contribution is -2.52. The van der Waals surface area contributed by atoms with E-state index in [1.165, 1.54) is 0 Å². The summed E-state index contributed by atoms with van der Waals surface area (Å²) in [6.45, 7) is 5.77. The highest BCUT2D eigenvalue weighted by molar-refractivity contribution is 7.80. The van der Waals surface area contributed by atoms with Crippen molar-refractivity contribution in [3.8, 4) is 5.75 Å². The summed E-state index contributed by atoms with van der Waals surface area (Å²) in [5, 5.41) is 7.41. The van der Waals surface area contributed by atoms with Gasteiger partial charge in [-0.1, -0.05) is 18.2 Å². The number of amides is 1. The van der Waals surface area contributed by atoms with Gasteiger partial charge in [0, 0.05) is 19.6 Å². The van der Waals surface area contributed by atoms with Crippen molar-refractivity contribution in [3.05, 3.63) is 42.5 Å². The van der Waals surface area contributed by atoms with Crippen LogP contribution < -0.4 is 10.1 Å². The highest BCUT2D eigenvalue weighted by Crippen LogP contribution is 2.50. The van der Waals surface area contributed by atoms with Gasteiger partial charge in [0.25, 0.3) is 5.91 Å². The molecule has 1 saturated heterocycles. The molecule has 5 nitrogen and oxygen atoms in total. The van der Waals surface area contributed by atoms with E-state index in [0.29, 0.717) is 18.2 Å². The van der Waals surface area contributed by atoms with Crippen LogP contribution in [0.4, 0.5) is 0 Å². The Bertz CT molecular complexity index is 640. The second-order valence-corrected chi connectivity index (χ2v) is 6.58. The average molecular weight is 345 g/mol. The fourth-order valence-corrected chi connectivity index (χ4v) is 3.47. The van der Waals surface area contributed by atoms with Gasteiger partial charge >= 0.3 is 0 Å². The molecule has 2 fully saturated rings. The minimum absolute atomic E-state index is 0.146. The van der Waals surface area contributed by atoms with Crippen LogP contribution >= 0.6 is 12.2 Å². The third-order valence-corrected chi connectivity index (χ3v) is 5.05. The number of carbonyl (C=O) groups is 1. The topological polar surface area (TPSA) is 44.8 Å². The number of thiocarbonyl (C=S) groups is 1. The Balaban J connectivity index is 1.76. The highest BCUT2D eigenvalue weighted by Gasteiger charge is 2.54. The normalized spacial score (nSPS) is 18.2. The first-order valence-electron chi connectivity index (χ1n) is 8.25. The van der Waals surface area contributed by atoms with Gasteiger partial charge in [0.05, 0.1) is 12.5 Å². The number of benzene rings is 1. The number of nitrogens with one attached hydrogen (secondary N) is 1. The molecule has 3 rings (SSSR count). The summed E-state index contributed by atoms with van der Waals surface area (Å²) in [5.41, 5.74) is 0.660. The van der Waals surface area contributed by atoms with E-state index in [1.807, 2.05) is 34.3 Å². The zero-order valence-electron chi connectivity index (χ0n) is 14.0. The number of rotatable bonds is 5. The first-order chi connectivity index (χ1) is 11.6. The van der Waals surface area contributed by atoms with E-state index in [9.17, 15) is 4.79 Å². The number of nitrogens with zero attached hydrogens (tertiary/aromatic N) is 2. The van der Waals surface area contributed by atoms with Crippen LogP contribution in [0.5, 0.6) is 5.75 Å². The zero-order chi connectivity index (χ0) is 17.2. The van der Waals surface area contributed by atoms with Crippen molar-refractivity contribution >= 4 is 23.2 Å². The van der Waals surface area contributed by atoms with Gasteiger partial charge < -0.3 is 10.1 Å². The molecule has 2 aliphatic rings. The lowest BCUT2D eigenvalue weighted by molar-refractivity contribution is -0.141. The second-order valence-electron chi connectivity index (χ2n) is 6.19. The maximum atomic E-state index is 13.2. The largest absolute Gasteiger partial charge is 0.497 e. The molecular formula is C18H23N3O2S. The van der Waals surface area contributed by atoms with E-state index in [-0.39, 0.29) is 5.91 Å². The van der Waals surface area contributed by atoms with Crippen molar-refractivity contribution in [1.82, 2.24) is 15.3 Å². The summed E-state index contributed by atoms with van der Waals surface area (Å²) in [5.74, 6) is 0.951. The van der Waals surface area contributed by atoms with Gasteiger partial charge in [-0.2, -0.15) is 0 Å². The Morgan fingerprint density at radius 2 is 2.00 bits per heavy atom. The molecule has 1 heterocycles. The molecule has 0 spiro atoms. The molecule has 1 aromatic carbocycles. The smallest absolute Gasteiger partial charge is 0.251 e. The molecule has 1 amide bonds. The van der Waals surface area contributed by atoms with Gasteiger partial charge in [-0.15, -0.1) is 6.58 Å². The molecule has 128 valence electrons. The summed E-state index contributed by atoms with van der Waals surface area (Å²) >= 11 is 5.42. The quantitative estimate of drug-likeness (QED) is 0.655.